The van der Waals surface area contributed by atoms with Crippen LogP contribution in [-0.2, 0) is 4.79 Å². The fourth-order valence-electron chi connectivity index (χ4n) is 4.44. The highest BCUT2D eigenvalue weighted by atomic mass is 16.1. The van der Waals surface area contributed by atoms with Crippen molar-refractivity contribution in [1.82, 2.24) is 14.9 Å². The van der Waals surface area contributed by atoms with Gasteiger partial charge in [-0.1, -0.05) is 32.6 Å². The number of ketones is 1. The highest BCUT2D eigenvalue weighted by Gasteiger charge is 2.37. The molecule has 4 nitrogen and oxygen atoms in total. The summed E-state index contributed by atoms with van der Waals surface area (Å²) in [6.07, 6.45) is 15.3. The molecule has 2 atom stereocenters. The van der Waals surface area contributed by atoms with E-state index in [1.54, 1.807) is 6.33 Å². The molecule has 0 aromatic carbocycles. The Morgan fingerprint density at radius 2 is 2.13 bits per heavy atom. The Morgan fingerprint density at radius 1 is 1.30 bits per heavy atom. The van der Waals surface area contributed by atoms with Crippen molar-refractivity contribution in [3.8, 4) is 0 Å². The number of aromatic amines is 1. The topological polar surface area (TPSA) is 49.0 Å². The van der Waals surface area contributed by atoms with Gasteiger partial charge in [0.25, 0.3) is 0 Å². The van der Waals surface area contributed by atoms with Crippen LogP contribution in [0.2, 0.25) is 0 Å². The SMILES string of the molecule is CCCCC(=O)C1CC(c2cnc[nH]2)CCN1C1CCCCC1. The average Bonchev–Trinajstić information content (AvgIpc) is 3.14. The van der Waals surface area contributed by atoms with Gasteiger partial charge in [-0.05, 0) is 38.6 Å². The van der Waals surface area contributed by atoms with Crippen molar-refractivity contribution in [2.75, 3.05) is 6.54 Å². The molecular formula is C19H31N3O. The zero-order valence-electron chi connectivity index (χ0n) is 14.5. The van der Waals surface area contributed by atoms with Crippen LogP contribution in [0.15, 0.2) is 12.5 Å². The van der Waals surface area contributed by atoms with Gasteiger partial charge in [0.2, 0.25) is 0 Å². The normalized spacial score (nSPS) is 27.2. The number of aromatic nitrogens is 2. The third-order valence-corrected chi connectivity index (χ3v) is 5.80. The van der Waals surface area contributed by atoms with Gasteiger partial charge >= 0.3 is 0 Å². The molecule has 2 unspecified atom stereocenters. The van der Waals surface area contributed by atoms with E-state index in [9.17, 15) is 4.79 Å². The number of nitrogens with one attached hydrogen (secondary N) is 1. The molecule has 1 saturated heterocycles. The van der Waals surface area contributed by atoms with E-state index in [1.165, 1.54) is 37.8 Å². The van der Waals surface area contributed by atoms with Gasteiger partial charge < -0.3 is 4.98 Å². The van der Waals surface area contributed by atoms with E-state index >= 15 is 0 Å². The van der Waals surface area contributed by atoms with E-state index in [1.807, 2.05) is 6.20 Å². The number of hydrogen-bond acceptors (Lipinski definition) is 3. The van der Waals surface area contributed by atoms with Crippen molar-refractivity contribution in [3.05, 3.63) is 18.2 Å². The highest BCUT2D eigenvalue weighted by Crippen LogP contribution is 2.35. The molecule has 0 radical (unpaired) electrons. The highest BCUT2D eigenvalue weighted by molar-refractivity contribution is 5.84. The van der Waals surface area contributed by atoms with Crippen LogP contribution in [0.1, 0.15) is 82.7 Å². The Labute approximate surface area is 140 Å². The summed E-state index contributed by atoms with van der Waals surface area (Å²) in [7, 11) is 0. The maximum absolute atomic E-state index is 12.9. The molecule has 2 aliphatic rings. The van der Waals surface area contributed by atoms with Gasteiger partial charge in [0.15, 0.2) is 0 Å². The van der Waals surface area contributed by atoms with Crippen LogP contribution in [0, 0.1) is 0 Å². The third-order valence-electron chi connectivity index (χ3n) is 5.80. The molecule has 0 spiro atoms. The van der Waals surface area contributed by atoms with Gasteiger partial charge in [-0.25, -0.2) is 4.98 Å². The molecule has 128 valence electrons. The van der Waals surface area contributed by atoms with E-state index in [4.69, 9.17) is 0 Å². The fourth-order valence-corrected chi connectivity index (χ4v) is 4.44. The quantitative estimate of drug-likeness (QED) is 0.861. The van der Waals surface area contributed by atoms with E-state index < -0.39 is 0 Å². The number of rotatable bonds is 6. The Morgan fingerprint density at radius 3 is 2.83 bits per heavy atom. The molecule has 1 aromatic rings. The van der Waals surface area contributed by atoms with Crippen LogP contribution in [0.25, 0.3) is 0 Å². The molecule has 1 saturated carbocycles. The summed E-state index contributed by atoms with van der Waals surface area (Å²) < 4.78 is 0. The van der Waals surface area contributed by atoms with Crippen molar-refractivity contribution in [3.63, 3.8) is 0 Å². The van der Waals surface area contributed by atoms with Gasteiger partial charge in [-0.15, -0.1) is 0 Å². The summed E-state index contributed by atoms with van der Waals surface area (Å²) in [4.78, 5) is 22.9. The van der Waals surface area contributed by atoms with Crippen LogP contribution in [0.4, 0.5) is 0 Å². The van der Waals surface area contributed by atoms with Crippen LogP contribution >= 0.6 is 0 Å². The summed E-state index contributed by atoms with van der Waals surface area (Å²) in [6.45, 7) is 3.23. The lowest BCUT2D eigenvalue weighted by atomic mass is 9.82. The van der Waals surface area contributed by atoms with E-state index in [-0.39, 0.29) is 6.04 Å². The predicted molar refractivity (Wildman–Crippen MR) is 92.5 cm³/mol. The number of H-pyrrole nitrogens is 1. The maximum Gasteiger partial charge on any atom is 0.149 e. The summed E-state index contributed by atoms with van der Waals surface area (Å²) in [5.41, 5.74) is 1.21. The molecule has 1 N–H and O–H groups in total. The first-order valence-electron chi connectivity index (χ1n) is 9.56. The van der Waals surface area contributed by atoms with Crippen molar-refractivity contribution >= 4 is 5.78 Å². The maximum atomic E-state index is 12.9. The first-order valence-corrected chi connectivity index (χ1v) is 9.56. The Kier molecular flexibility index (Phi) is 5.87. The Balaban J connectivity index is 1.71. The lowest BCUT2D eigenvalue weighted by Crippen LogP contribution is -2.52. The van der Waals surface area contributed by atoms with Gasteiger partial charge in [0, 0.05) is 30.3 Å². The minimum Gasteiger partial charge on any atom is -0.348 e. The Bertz CT molecular complexity index is 479. The lowest BCUT2D eigenvalue weighted by Gasteiger charge is -2.44. The first kappa shape index (κ1) is 16.7. The summed E-state index contributed by atoms with van der Waals surface area (Å²) in [6, 6.07) is 0.772. The molecule has 0 bridgehead atoms. The number of unbranched alkanes of at least 4 members (excludes halogenated alkanes) is 1. The number of nitrogens with zero attached hydrogens (tertiary/aromatic N) is 2. The molecule has 4 heteroatoms. The summed E-state index contributed by atoms with van der Waals surface area (Å²) in [5, 5.41) is 0. The molecule has 2 fully saturated rings. The van der Waals surface area contributed by atoms with Crippen LogP contribution in [0.3, 0.4) is 0 Å². The number of carbonyl (C=O) groups is 1. The predicted octanol–water partition coefficient (Wildman–Crippen LogP) is 4.05. The van der Waals surface area contributed by atoms with Gasteiger partial charge in [0.1, 0.15) is 5.78 Å². The smallest absolute Gasteiger partial charge is 0.149 e. The standard InChI is InChI=1S/C19H31N3O/c1-2-3-9-19(23)18-12-15(17-13-20-14-21-17)10-11-22(18)16-7-5-4-6-8-16/h13-16,18H,2-12H2,1H3,(H,20,21). The zero-order chi connectivity index (χ0) is 16.1. The second-order valence-corrected chi connectivity index (χ2v) is 7.34. The largest absolute Gasteiger partial charge is 0.348 e. The van der Waals surface area contributed by atoms with Crippen LogP contribution < -0.4 is 0 Å². The lowest BCUT2D eigenvalue weighted by molar-refractivity contribution is -0.127. The summed E-state index contributed by atoms with van der Waals surface area (Å²) in [5.74, 6) is 0.939. The average molecular weight is 317 g/mol. The van der Waals surface area contributed by atoms with Gasteiger partial charge in [-0.3, -0.25) is 9.69 Å². The summed E-state index contributed by atoms with van der Waals surface area (Å²) >= 11 is 0. The molecule has 0 amide bonds. The zero-order valence-corrected chi connectivity index (χ0v) is 14.5. The van der Waals surface area contributed by atoms with Crippen molar-refractivity contribution in [2.45, 2.75) is 89.1 Å². The Hall–Kier alpha value is -1.16. The van der Waals surface area contributed by atoms with Gasteiger partial charge in [0.05, 0.1) is 12.4 Å². The molecule has 2 heterocycles. The molecule has 1 aliphatic heterocycles. The third kappa shape index (κ3) is 4.03. The molecule has 1 aromatic heterocycles. The van der Waals surface area contributed by atoms with E-state index in [0.29, 0.717) is 17.7 Å². The van der Waals surface area contributed by atoms with Crippen LogP contribution in [-0.4, -0.2) is 39.3 Å². The molecule has 23 heavy (non-hydrogen) atoms. The van der Waals surface area contributed by atoms with Crippen LogP contribution in [0.5, 0.6) is 0 Å². The number of hydrogen-bond donors (Lipinski definition) is 1. The molecular weight excluding hydrogens is 286 g/mol. The number of piperidine rings is 1. The fraction of sp³-hybridized carbons (Fsp3) is 0.789. The van der Waals surface area contributed by atoms with E-state index in [0.717, 1.165) is 38.6 Å². The molecule has 3 rings (SSSR count). The number of likely N-dealkylation sites (tertiary alicyclic amines) is 1. The minimum atomic E-state index is 0.131. The first-order chi connectivity index (χ1) is 11.3. The van der Waals surface area contributed by atoms with E-state index in [2.05, 4.69) is 21.8 Å². The number of imidazole rings is 1. The van der Waals surface area contributed by atoms with Crippen molar-refractivity contribution in [2.24, 2.45) is 0 Å². The van der Waals surface area contributed by atoms with Gasteiger partial charge in [-0.2, -0.15) is 0 Å². The molecule has 1 aliphatic carbocycles. The second-order valence-electron chi connectivity index (χ2n) is 7.34. The van der Waals surface area contributed by atoms with Crippen molar-refractivity contribution < 1.29 is 4.79 Å². The van der Waals surface area contributed by atoms with Crippen molar-refractivity contribution in [1.29, 1.82) is 0 Å². The number of Topliss-reactive ketones (excluding diaryl/α,β-unsaturated/α-hetero) is 1. The minimum absolute atomic E-state index is 0.131. The number of carbonyl (C=O) groups excluding carboxylic acids is 1. The monoisotopic (exact) mass is 317 g/mol. The second kappa shape index (κ2) is 8.09.